The van der Waals surface area contributed by atoms with Gasteiger partial charge in [-0.1, -0.05) is 0 Å². The maximum Gasteiger partial charge on any atom is 0.404 e. The number of pyridine rings is 1. The first-order chi connectivity index (χ1) is 8.51. The maximum atomic E-state index is 12.9. The van der Waals surface area contributed by atoms with Crippen LogP contribution in [0.5, 0.6) is 5.75 Å². The molecule has 1 aromatic heterocycles. The number of hydrogen-bond donors (Lipinski definition) is 2. The Hall–Kier alpha value is -1.37. The summed E-state index contributed by atoms with van der Waals surface area (Å²) in [5.74, 6) is -0.124. The third kappa shape index (κ3) is 3.32. The summed E-state index contributed by atoms with van der Waals surface area (Å²) in [5.41, 5.74) is -0.126. The monoisotopic (exact) mass is 318 g/mol. The van der Waals surface area contributed by atoms with Gasteiger partial charge in [0.1, 0.15) is 5.75 Å². The van der Waals surface area contributed by atoms with E-state index in [0.717, 1.165) is 12.8 Å². The summed E-state index contributed by atoms with van der Waals surface area (Å²) >= 11 is 3.02. The number of amides is 1. The lowest BCUT2D eigenvalue weighted by Gasteiger charge is -2.15. The molecular weight excluding hydrogens is 307 g/mol. The average Bonchev–Trinajstić information content (AvgIpc) is 3.09. The predicted molar refractivity (Wildman–Crippen MR) is 65.1 cm³/mol. The molecule has 1 amide bonds. The summed E-state index contributed by atoms with van der Waals surface area (Å²) in [6.07, 6.45) is 2.11. The van der Waals surface area contributed by atoms with Crippen molar-refractivity contribution < 1.29 is 19.0 Å². The van der Waals surface area contributed by atoms with Gasteiger partial charge in [0, 0.05) is 18.0 Å². The topological polar surface area (TPSA) is 71.5 Å². The molecule has 0 spiro atoms. The van der Waals surface area contributed by atoms with Gasteiger partial charge in [-0.3, -0.25) is 0 Å². The van der Waals surface area contributed by atoms with E-state index in [4.69, 9.17) is 9.84 Å². The van der Waals surface area contributed by atoms with E-state index in [0.29, 0.717) is 18.9 Å². The number of nitrogens with one attached hydrogen (secondary N) is 1. The van der Waals surface area contributed by atoms with Gasteiger partial charge in [-0.2, -0.15) is 4.39 Å². The van der Waals surface area contributed by atoms with Crippen molar-refractivity contribution in [2.24, 2.45) is 5.41 Å². The summed E-state index contributed by atoms with van der Waals surface area (Å²) < 4.78 is 18.7. The molecule has 0 radical (unpaired) electrons. The van der Waals surface area contributed by atoms with E-state index in [1.165, 1.54) is 12.3 Å². The second kappa shape index (κ2) is 5.09. The van der Waals surface area contributed by atoms with Crippen LogP contribution in [0.4, 0.5) is 9.18 Å². The molecule has 0 aromatic carbocycles. The van der Waals surface area contributed by atoms with Crippen LogP contribution in [0.15, 0.2) is 16.7 Å². The van der Waals surface area contributed by atoms with Crippen molar-refractivity contribution in [3.63, 3.8) is 0 Å². The van der Waals surface area contributed by atoms with Crippen LogP contribution >= 0.6 is 15.9 Å². The molecule has 0 unspecified atom stereocenters. The van der Waals surface area contributed by atoms with Crippen molar-refractivity contribution in [1.29, 1.82) is 0 Å². The van der Waals surface area contributed by atoms with Crippen molar-refractivity contribution in [3.05, 3.63) is 22.7 Å². The summed E-state index contributed by atoms with van der Waals surface area (Å²) in [7, 11) is 0. The molecule has 1 heterocycles. The fourth-order valence-corrected chi connectivity index (χ4v) is 1.86. The van der Waals surface area contributed by atoms with Crippen molar-refractivity contribution in [2.75, 3.05) is 13.2 Å². The zero-order valence-electron chi connectivity index (χ0n) is 9.45. The zero-order chi connectivity index (χ0) is 13.2. The molecule has 7 heteroatoms. The van der Waals surface area contributed by atoms with E-state index >= 15 is 0 Å². The minimum Gasteiger partial charge on any atom is -0.491 e. The molecule has 2 rings (SSSR count). The van der Waals surface area contributed by atoms with Crippen molar-refractivity contribution in [1.82, 2.24) is 10.3 Å². The fourth-order valence-electron chi connectivity index (χ4n) is 1.53. The minimum atomic E-state index is -1.03. The highest BCUT2D eigenvalue weighted by Gasteiger charge is 2.43. The predicted octanol–water partition coefficient (Wildman–Crippen LogP) is 2.41. The quantitative estimate of drug-likeness (QED) is 0.818. The normalized spacial score (nSPS) is 16.1. The Balaban J connectivity index is 1.87. The molecule has 2 N–H and O–H groups in total. The summed E-state index contributed by atoms with van der Waals surface area (Å²) in [4.78, 5) is 13.9. The number of halogens is 2. The molecule has 18 heavy (non-hydrogen) atoms. The molecule has 1 aromatic rings. The smallest absolute Gasteiger partial charge is 0.404 e. The van der Waals surface area contributed by atoms with Gasteiger partial charge in [0.25, 0.3) is 0 Å². The standard InChI is InChI=1S/C11H12BrFN2O3/c12-8-3-7(4-14-9(8)13)18-6-11(1-2-11)5-15-10(16)17/h3-4,15H,1-2,5-6H2,(H,16,17). The Labute approximate surface area is 111 Å². The Morgan fingerprint density at radius 2 is 2.39 bits per heavy atom. The number of rotatable bonds is 5. The summed E-state index contributed by atoms with van der Waals surface area (Å²) in [6.45, 7) is 0.769. The van der Waals surface area contributed by atoms with Crippen LogP contribution in [0.3, 0.4) is 0 Å². The van der Waals surface area contributed by atoms with E-state index < -0.39 is 12.0 Å². The van der Waals surface area contributed by atoms with Crippen molar-refractivity contribution in [2.45, 2.75) is 12.8 Å². The molecule has 1 fully saturated rings. The second-order valence-electron chi connectivity index (χ2n) is 4.39. The maximum absolute atomic E-state index is 12.9. The minimum absolute atomic E-state index is 0.126. The molecule has 1 saturated carbocycles. The van der Waals surface area contributed by atoms with Gasteiger partial charge >= 0.3 is 6.09 Å². The highest BCUT2D eigenvalue weighted by atomic mass is 79.9. The van der Waals surface area contributed by atoms with E-state index in [9.17, 15) is 9.18 Å². The number of ether oxygens (including phenoxy) is 1. The third-order valence-electron chi connectivity index (χ3n) is 2.89. The SMILES string of the molecule is O=C(O)NCC1(COc2cnc(F)c(Br)c2)CC1. The Kier molecular flexibility index (Phi) is 3.70. The van der Waals surface area contributed by atoms with Gasteiger partial charge in [-0.15, -0.1) is 0 Å². The number of aromatic nitrogens is 1. The first-order valence-electron chi connectivity index (χ1n) is 5.41. The first-order valence-corrected chi connectivity index (χ1v) is 6.21. The molecule has 1 aliphatic carbocycles. The Bertz CT molecular complexity index is 466. The lowest BCUT2D eigenvalue weighted by atomic mass is 10.1. The van der Waals surface area contributed by atoms with Crippen LogP contribution in [-0.4, -0.2) is 29.3 Å². The van der Waals surface area contributed by atoms with Gasteiger partial charge < -0.3 is 15.2 Å². The van der Waals surface area contributed by atoms with E-state index in [2.05, 4.69) is 26.2 Å². The van der Waals surface area contributed by atoms with Gasteiger partial charge in [-0.25, -0.2) is 9.78 Å². The van der Waals surface area contributed by atoms with Gasteiger partial charge in [0.05, 0.1) is 17.3 Å². The van der Waals surface area contributed by atoms with Crippen LogP contribution in [0.2, 0.25) is 0 Å². The van der Waals surface area contributed by atoms with Crippen molar-refractivity contribution >= 4 is 22.0 Å². The van der Waals surface area contributed by atoms with Gasteiger partial charge in [0.15, 0.2) is 0 Å². The third-order valence-corrected chi connectivity index (χ3v) is 3.44. The second-order valence-corrected chi connectivity index (χ2v) is 5.25. The van der Waals surface area contributed by atoms with Crippen LogP contribution in [0.1, 0.15) is 12.8 Å². The van der Waals surface area contributed by atoms with Crippen LogP contribution in [0, 0.1) is 11.4 Å². The molecule has 1 aliphatic rings. The Morgan fingerprint density at radius 1 is 1.67 bits per heavy atom. The van der Waals surface area contributed by atoms with Gasteiger partial charge in [-0.05, 0) is 28.8 Å². The van der Waals surface area contributed by atoms with Crippen LogP contribution < -0.4 is 10.1 Å². The number of carbonyl (C=O) groups is 1. The molecular formula is C11H12BrFN2O3. The van der Waals surface area contributed by atoms with E-state index in [1.54, 1.807) is 0 Å². The number of hydrogen-bond acceptors (Lipinski definition) is 3. The molecule has 98 valence electrons. The van der Waals surface area contributed by atoms with E-state index in [1.807, 2.05) is 0 Å². The number of carboxylic acid groups (broad SMARTS) is 1. The van der Waals surface area contributed by atoms with Gasteiger partial charge in [0.2, 0.25) is 5.95 Å². The highest BCUT2D eigenvalue weighted by molar-refractivity contribution is 9.10. The average molecular weight is 319 g/mol. The van der Waals surface area contributed by atoms with Crippen LogP contribution in [0.25, 0.3) is 0 Å². The molecule has 0 bridgehead atoms. The Morgan fingerprint density at radius 3 is 2.94 bits per heavy atom. The largest absolute Gasteiger partial charge is 0.491 e. The molecule has 0 atom stereocenters. The summed E-state index contributed by atoms with van der Waals surface area (Å²) in [6, 6.07) is 1.50. The zero-order valence-corrected chi connectivity index (χ0v) is 11.0. The molecule has 5 nitrogen and oxygen atoms in total. The van der Waals surface area contributed by atoms with Crippen LogP contribution in [-0.2, 0) is 0 Å². The lowest BCUT2D eigenvalue weighted by molar-refractivity contribution is 0.183. The highest BCUT2D eigenvalue weighted by Crippen LogP contribution is 2.45. The van der Waals surface area contributed by atoms with Crippen molar-refractivity contribution in [3.8, 4) is 5.75 Å². The molecule has 0 saturated heterocycles. The van der Waals surface area contributed by atoms with E-state index in [-0.39, 0.29) is 9.89 Å². The summed E-state index contributed by atoms with van der Waals surface area (Å²) in [5, 5.41) is 10.9. The number of nitrogens with zero attached hydrogens (tertiary/aromatic N) is 1. The lowest BCUT2D eigenvalue weighted by Crippen LogP contribution is -2.31. The first kappa shape index (κ1) is 13.1. The fraction of sp³-hybridized carbons (Fsp3) is 0.455. The molecule has 0 aliphatic heterocycles.